The Balaban J connectivity index is 1.77. The van der Waals surface area contributed by atoms with Crippen LogP contribution < -0.4 is 5.32 Å². The molecule has 1 fully saturated rings. The normalized spacial score (nSPS) is 16.2. The SMILES string of the molecule is COC(=O)c1ccc(CNC2CCN(C(C)=O)CC2)o1. The van der Waals surface area contributed by atoms with Crippen molar-refractivity contribution in [3.05, 3.63) is 23.7 Å². The number of esters is 1. The summed E-state index contributed by atoms with van der Waals surface area (Å²) < 4.78 is 9.97. The van der Waals surface area contributed by atoms with Gasteiger partial charge in [-0.1, -0.05) is 0 Å². The van der Waals surface area contributed by atoms with Crippen LogP contribution in [0.4, 0.5) is 0 Å². The zero-order valence-corrected chi connectivity index (χ0v) is 11.8. The molecule has 0 saturated carbocycles. The fraction of sp³-hybridized carbons (Fsp3) is 0.571. The molecule has 6 heteroatoms. The second-order valence-electron chi connectivity index (χ2n) is 4.92. The van der Waals surface area contributed by atoms with Crippen molar-refractivity contribution >= 4 is 11.9 Å². The van der Waals surface area contributed by atoms with Gasteiger partial charge in [-0.25, -0.2) is 4.79 Å². The van der Waals surface area contributed by atoms with E-state index in [0.29, 0.717) is 18.3 Å². The molecule has 0 aliphatic carbocycles. The lowest BCUT2D eigenvalue weighted by molar-refractivity contribution is -0.129. The summed E-state index contributed by atoms with van der Waals surface area (Å²) in [7, 11) is 1.32. The van der Waals surface area contributed by atoms with E-state index in [1.165, 1.54) is 7.11 Å². The van der Waals surface area contributed by atoms with E-state index in [2.05, 4.69) is 10.1 Å². The molecule has 0 aromatic carbocycles. The van der Waals surface area contributed by atoms with Crippen molar-refractivity contribution in [1.82, 2.24) is 10.2 Å². The van der Waals surface area contributed by atoms with E-state index < -0.39 is 5.97 Å². The molecule has 1 aromatic heterocycles. The second kappa shape index (κ2) is 6.56. The monoisotopic (exact) mass is 280 g/mol. The van der Waals surface area contributed by atoms with Crippen molar-refractivity contribution < 1.29 is 18.7 Å². The van der Waals surface area contributed by atoms with E-state index in [1.807, 2.05) is 4.90 Å². The molecule has 0 atom stereocenters. The molecule has 6 nitrogen and oxygen atoms in total. The zero-order chi connectivity index (χ0) is 14.5. The van der Waals surface area contributed by atoms with Gasteiger partial charge in [-0.05, 0) is 25.0 Å². The molecule has 1 N–H and O–H groups in total. The fourth-order valence-corrected chi connectivity index (χ4v) is 2.33. The number of hydrogen-bond acceptors (Lipinski definition) is 5. The lowest BCUT2D eigenvalue weighted by Crippen LogP contribution is -2.43. The van der Waals surface area contributed by atoms with Crippen LogP contribution in [0.2, 0.25) is 0 Å². The van der Waals surface area contributed by atoms with Gasteiger partial charge in [0, 0.05) is 26.1 Å². The number of amides is 1. The Morgan fingerprint density at radius 1 is 1.40 bits per heavy atom. The van der Waals surface area contributed by atoms with Crippen molar-refractivity contribution in [3.63, 3.8) is 0 Å². The van der Waals surface area contributed by atoms with E-state index in [0.717, 1.165) is 25.9 Å². The molecule has 1 saturated heterocycles. The summed E-state index contributed by atoms with van der Waals surface area (Å²) in [4.78, 5) is 24.3. The van der Waals surface area contributed by atoms with Crippen LogP contribution in [0.3, 0.4) is 0 Å². The van der Waals surface area contributed by atoms with Gasteiger partial charge in [-0.2, -0.15) is 0 Å². The lowest BCUT2D eigenvalue weighted by Gasteiger charge is -2.31. The third-order valence-corrected chi connectivity index (χ3v) is 3.55. The Labute approximate surface area is 118 Å². The van der Waals surface area contributed by atoms with Crippen LogP contribution in [0.5, 0.6) is 0 Å². The molecule has 0 radical (unpaired) electrons. The largest absolute Gasteiger partial charge is 0.463 e. The number of likely N-dealkylation sites (tertiary alicyclic amines) is 1. The van der Waals surface area contributed by atoms with Crippen molar-refractivity contribution in [1.29, 1.82) is 0 Å². The molecule has 1 aliphatic rings. The quantitative estimate of drug-likeness (QED) is 0.838. The van der Waals surface area contributed by atoms with Crippen LogP contribution >= 0.6 is 0 Å². The van der Waals surface area contributed by atoms with E-state index in [1.54, 1.807) is 19.1 Å². The summed E-state index contributed by atoms with van der Waals surface area (Å²) in [5.74, 6) is 0.596. The zero-order valence-electron chi connectivity index (χ0n) is 11.8. The van der Waals surface area contributed by atoms with E-state index >= 15 is 0 Å². The van der Waals surface area contributed by atoms with Gasteiger partial charge in [0.05, 0.1) is 13.7 Å². The van der Waals surface area contributed by atoms with Crippen LogP contribution in [0.15, 0.2) is 16.5 Å². The maximum absolute atomic E-state index is 11.3. The Hall–Kier alpha value is -1.82. The number of rotatable bonds is 4. The molecule has 2 heterocycles. The van der Waals surface area contributed by atoms with Gasteiger partial charge in [0.2, 0.25) is 11.7 Å². The first-order valence-electron chi connectivity index (χ1n) is 6.76. The number of methoxy groups -OCH3 is 1. The first-order chi connectivity index (χ1) is 9.60. The number of ether oxygens (including phenoxy) is 1. The molecule has 20 heavy (non-hydrogen) atoms. The average molecular weight is 280 g/mol. The van der Waals surface area contributed by atoms with E-state index in [4.69, 9.17) is 4.42 Å². The minimum absolute atomic E-state index is 0.136. The minimum Gasteiger partial charge on any atom is -0.463 e. The predicted octanol–water partition coefficient (Wildman–Crippen LogP) is 1.17. The highest BCUT2D eigenvalue weighted by Crippen LogP contribution is 2.13. The van der Waals surface area contributed by atoms with E-state index in [9.17, 15) is 9.59 Å². The Morgan fingerprint density at radius 3 is 2.70 bits per heavy atom. The van der Waals surface area contributed by atoms with Gasteiger partial charge >= 0.3 is 5.97 Å². The van der Waals surface area contributed by atoms with Gasteiger partial charge in [0.1, 0.15) is 5.76 Å². The Bertz CT molecular complexity index is 475. The van der Waals surface area contributed by atoms with Gasteiger partial charge in [0.15, 0.2) is 0 Å². The number of piperidine rings is 1. The minimum atomic E-state index is -0.467. The van der Waals surface area contributed by atoms with Gasteiger partial charge in [0.25, 0.3) is 0 Å². The van der Waals surface area contributed by atoms with Crippen LogP contribution in [0.1, 0.15) is 36.1 Å². The number of carbonyl (C=O) groups is 2. The van der Waals surface area contributed by atoms with Crippen LogP contribution in [0, 0.1) is 0 Å². The molecule has 110 valence electrons. The van der Waals surface area contributed by atoms with E-state index in [-0.39, 0.29) is 11.7 Å². The molecular weight excluding hydrogens is 260 g/mol. The predicted molar refractivity (Wildman–Crippen MR) is 72.2 cm³/mol. The fourth-order valence-electron chi connectivity index (χ4n) is 2.33. The van der Waals surface area contributed by atoms with Crippen LogP contribution in [-0.4, -0.2) is 43.0 Å². The topological polar surface area (TPSA) is 71.8 Å². The van der Waals surface area contributed by atoms with Crippen LogP contribution in [0.25, 0.3) is 0 Å². The Morgan fingerprint density at radius 2 is 2.10 bits per heavy atom. The second-order valence-corrected chi connectivity index (χ2v) is 4.92. The third kappa shape index (κ3) is 3.60. The number of carbonyl (C=O) groups excluding carboxylic acids is 2. The molecule has 0 bridgehead atoms. The number of nitrogens with one attached hydrogen (secondary N) is 1. The maximum Gasteiger partial charge on any atom is 0.373 e. The van der Waals surface area contributed by atoms with Crippen LogP contribution in [-0.2, 0) is 16.1 Å². The number of furan rings is 1. The standard InChI is InChI=1S/C14H20N2O4/c1-10(17)16-7-5-11(6-8-16)15-9-12-3-4-13(20-12)14(18)19-2/h3-4,11,15H,5-9H2,1-2H3. The molecule has 0 unspecified atom stereocenters. The molecule has 2 rings (SSSR count). The van der Waals surface area contributed by atoms with Gasteiger partial charge in [-0.3, -0.25) is 4.79 Å². The molecule has 0 spiro atoms. The summed E-state index contributed by atoms with van der Waals surface area (Å²) in [5, 5.41) is 3.38. The third-order valence-electron chi connectivity index (χ3n) is 3.55. The summed E-state index contributed by atoms with van der Waals surface area (Å²) in [6.45, 7) is 3.75. The summed E-state index contributed by atoms with van der Waals surface area (Å²) in [6, 6.07) is 3.75. The average Bonchev–Trinajstić information content (AvgIpc) is 2.93. The molecule has 1 amide bonds. The maximum atomic E-state index is 11.3. The van der Waals surface area contributed by atoms with Crippen molar-refractivity contribution in [3.8, 4) is 0 Å². The van der Waals surface area contributed by atoms with Gasteiger partial charge < -0.3 is 19.4 Å². The molecular formula is C14H20N2O4. The molecule has 1 aliphatic heterocycles. The summed E-state index contributed by atoms with van der Waals surface area (Å²) in [6.07, 6.45) is 1.87. The number of hydrogen-bond donors (Lipinski definition) is 1. The van der Waals surface area contributed by atoms with Crippen molar-refractivity contribution in [2.45, 2.75) is 32.4 Å². The first kappa shape index (κ1) is 14.6. The smallest absolute Gasteiger partial charge is 0.373 e. The highest BCUT2D eigenvalue weighted by atomic mass is 16.5. The summed E-state index contributed by atoms with van der Waals surface area (Å²) >= 11 is 0. The lowest BCUT2D eigenvalue weighted by atomic mass is 10.1. The number of nitrogens with zero attached hydrogens (tertiary/aromatic N) is 1. The van der Waals surface area contributed by atoms with Crippen molar-refractivity contribution in [2.24, 2.45) is 0 Å². The van der Waals surface area contributed by atoms with Crippen molar-refractivity contribution in [2.75, 3.05) is 20.2 Å². The molecule has 1 aromatic rings. The highest BCUT2D eigenvalue weighted by molar-refractivity contribution is 5.86. The van der Waals surface area contributed by atoms with Gasteiger partial charge in [-0.15, -0.1) is 0 Å². The first-order valence-corrected chi connectivity index (χ1v) is 6.76. The summed E-state index contributed by atoms with van der Waals surface area (Å²) in [5.41, 5.74) is 0. The Kier molecular flexibility index (Phi) is 4.79. The highest BCUT2D eigenvalue weighted by Gasteiger charge is 2.20.